The maximum atomic E-state index is 11.6. The minimum Gasteiger partial charge on any atom is -0.497 e. The summed E-state index contributed by atoms with van der Waals surface area (Å²) < 4.78 is 35.5. The summed E-state index contributed by atoms with van der Waals surface area (Å²) in [5.41, 5.74) is 4.23. The summed E-state index contributed by atoms with van der Waals surface area (Å²) in [5.74, 6) is 1.54. The standard InChI is InChI=1S/C25H23N3O4S/c1-31-22-11-4-18(5-12-22)3-8-20-17-25(19-6-13-23(32-2)14-7-19)28(27-20)21-9-15-24(16-10-21)33(26,29)30/h3-17H,1-2H3,(H2,26,29,30)/b8-3+. The predicted molar refractivity (Wildman–Crippen MR) is 129 cm³/mol. The van der Waals surface area contributed by atoms with Gasteiger partial charge in [-0.2, -0.15) is 5.10 Å². The van der Waals surface area contributed by atoms with Crippen LogP contribution < -0.4 is 14.6 Å². The number of ether oxygens (including phenoxy) is 2. The van der Waals surface area contributed by atoms with Crippen LogP contribution in [0, 0.1) is 0 Å². The fourth-order valence-corrected chi connectivity index (χ4v) is 3.83. The van der Waals surface area contributed by atoms with Crippen molar-refractivity contribution in [2.24, 2.45) is 5.14 Å². The third kappa shape index (κ3) is 5.14. The number of sulfonamides is 1. The van der Waals surface area contributed by atoms with Crippen molar-refractivity contribution >= 4 is 22.2 Å². The van der Waals surface area contributed by atoms with Crippen LogP contribution >= 0.6 is 0 Å². The summed E-state index contributed by atoms with van der Waals surface area (Å²) in [6, 6.07) is 23.6. The summed E-state index contributed by atoms with van der Waals surface area (Å²) in [7, 11) is -0.523. The minimum atomic E-state index is -3.77. The van der Waals surface area contributed by atoms with Crippen LogP contribution in [0.15, 0.2) is 83.8 Å². The Morgan fingerprint density at radius 1 is 0.818 bits per heavy atom. The van der Waals surface area contributed by atoms with Gasteiger partial charge in [-0.15, -0.1) is 0 Å². The van der Waals surface area contributed by atoms with Crippen molar-refractivity contribution in [3.8, 4) is 28.4 Å². The first kappa shape index (κ1) is 22.3. The van der Waals surface area contributed by atoms with Crippen LogP contribution in [0.4, 0.5) is 0 Å². The van der Waals surface area contributed by atoms with Gasteiger partial charge in [0.15, 0.2) is 0 Å². The summed E-state index contributed by atoms with van der Waals surface area (Å²) >= 11 is 0. The molecular formula is C25H23N3O4S. The molecule has 0 saturated carbocycles. The monoisotopic (exact) mass is 461 g/mol. The second-order valence-corrected chi connectivity index (χ2v) is 8.80. The number of nitrogens with zero attached hydrogens (tertiary/aromatic N) is 2. The highest BCUT2D eigenvalue weighted by molar-refractivity contribution is 7.89. The van der Waals surface area contributed by atoms with Gasteiger partial charge in [0.05, 0.1) is 36.2 Å². The molecule has 4 rings (SSSR count). The lowest BCUT2D eigenvalue weighted by Crippen LogP contribution is -2.12. The third-order valence-corrected chi connectivity index (χ3v) is 6.02. The van der Waals surface area contributed by atoms with E-state index in [1.165, 1.54) is 12.1 Å². The number of rotatable bonds is 7. The lowest BCUT2D eigenvalue weighted by atomic mass is 10.1. The van der Waals surface area contributed by atoms with Gasteiger partial charge in [-0.3, -0.25) is 0 Å². The zero-order valence-electron chi connectivity index (χ0n) is 18.2. The third-order valence-electron chi connectivity index (χ3n) is 5.09. The SMILES string of the molecule is COc1ccc(/C=C/c2cc(-c3ccc(OC)cc3)n(-c3ccc(S(N)(=O)=O)cc3)n2)cc1. The molecule has 1 heterocycles. The van der Waals surface area contributed by atoms with E-state index in [4.69, 9.17) is 19.7 Å². The smallest absolute Gasteiger partial charge is 0.238 e. The maximum absolute atomic E-state index is 11.6. The van der Waals surface area contributed by atoms with Crippen LogP contribution in [-0.2, 0) is 10.0 Å². The molecule has 168 valence electrons. The van der Waals surface area contributed by atoms with Crippen molar-refractivity contribution in [3.63, 3.8) is 0 Å². The summed E-state index contributed by atoms with van der Waals surface area (Å²) in [4.78, 5) is 0.0454. The van der Waals surface area contributed by atoms with E-state index >= 15 is 0 Å². The van der Waals surface area contributed by atoms with Crippen LogP contribution in [0.2, 0.25) is 0 Å². The first-order chi connectivity index (χ1) is 15.9. The quantitative estimate of drug-likeness (QED) is 0.441. The average molecular weight is 462 g/mol. The molecule has 33 heavy (non-hydrogen) atoms. The Balaban J connectivity index is 1.74. The molecule has 1 aromatic heterocycles. The number of methoxy groups -OCH3 is 2. The number of hydrogen-bond acceptors (Lipinski definition) is 5. The second kappa shape index (κ2) is 9.32. The van der Waals surface area contributed by atoms with E-state index in [-0.39, 0.29) is 4.90 Å². The molecule has 8 heteroatoms. The average Bonchev–Trinajstić information content (AvgIpc) is 3.27. The van der Waals surface area contributed by atoms with Crippen molar-refractivity contribution in [2.45, 2.75) is 4.90 Å². The first-order valence-corrected chi connectivity index (χ1v) is 11.6. The molecule has 0 fully saturated rings. The first-order valence-electron chi connectivity index (χ1n) is 10.1. The van der Waals surface area contributed by atoms with E-state index in [1.807, 2.05) is 66.7 Å². The second-order valence-electron chi connectivity index (χ2n) is 7.24. The van der Waals surface area contributed by atoms with Gasteiger partial charge < -0.3 is 9.47 Å². The van der Waals surface area contributed by atoms with Gasteiger partial charge in [-0.05, 0) is 78.4 Å². The summed E-state index contributed by atoms with van der Waals surface area (Å²) in [6.07, 6.45) is 3.89. The molecule has 7 nitrogen and oxygen atoms in total. The lowest BCUT2D eigenvalue weighted by molar-refractivity contribution is 0.414. The van der Waals surface area contributed by atoms with Crippen LogP contribution in [0.25, 0.3) is 29.1 Å². The van der Waals surface area contributed by atoms with Crippen LogP contribution in [0.3, 0.4) is 0 Å². The molecule has 0 aliphatic rings. The minimum absolute atomic E-state index is 0.0454. The largest absolute Gasteiger partial charge is 0.497 e. The van der Waals surface area contributed by atoms with E-state index in [9.17, 15) is 8.42 Å². The Morgan fingerprint density at radius 2 is 1.39 bits per heavy atom. The maximum Gasteiger partial charge on any atom is 0.238 e. The Morgan fingerprint density at radius 3 is 1.94 bits per heavy atom. The van der Waals surface area contributed by atoms with Crippen molar-refractivity contribution < 1.29 is 17.9 Å². The van der Waals surface area contributed by atoms with E-state index in [2.05, 4.69) is 0 Å². The molecule has 3 aromatic carbocycles. The topological polar surface area (TPSA) is 96.4 Å². The Hall–Kier alpha value is -3.88. The highest BCUT2D eigenvalue weighted by atomic mass is 32.2. The molecule has 0 atom stereocenters. The lowest BCUT2D eigenvalue weighted by Gasteiger charge is -2.09. The fraction of sp³-hybridized carbons (Fsp3) is 0.0800. The zero-order chi connectivity index (χ0) is 23.4. The van der Waals surface area contributed by atoms with Crippen LogP contribution in [-0.4, -0.2) is 32.4 Å². The molecule has 0 aliphatic carbocycles. The predicted octanol–water partition coefficient (Wildman–Crippen LogP) is 4.37. The van der Waals surface area contributed by atoms with Gasteiger partial charge >= 0.3 is 0 Å². The fourth-order valence-electron chi connectivity index (χ4n) is 3.32. The normalized spacial score (nSPS) is 11.6. The van der Waals surface area contributed by atoms with E-state index in [0.29, 0.717) is 5.69 Å². The van der Waals surface area contributed by atoms with Gasteiger partial charge in [0.2, 0.25) is 10.0 Å². The Kier molecular flexibility index (Phi) is 6.30. The number of benzene rings is 3. The van der Waals surface area contributed by atoms with Crippen LogP contribution in [0.1, 0.15) is 11.3 Å². The highest BCUT2D eigenvalue weighted by Crippen LogP contribution is 2.27. The molecule has 4 aromatic rings. The van der Waals surface area contributed by atoms with Gasteiger partial charge in [0.1, 0.15) is 11.5 Å². The van der Waals surface area contributed by atoms with Crippen molar-refractivity contribution in [2.75, 3.05) is 14.2 Å². The number of aromatic nitrogens is 2. The summed E-state index contributed by atoms with van der Waals surface area (Å²) in [6.45, 7) is 0. The molecule has 0 saturated heterocycles. The van der Waals surface area contributed by atoms with Gasteiger partial charge in [0.25, 0.3) is 0 Å². The number of primary sulfonamides is 1. The van der Waals surface area contributed by atoms with E-state index in [1.54, 1.807) is 31.0 Å². The number of hydrogen-bond donors (Lipinski definition) is 1. The Labute approximate surface area is 192 Å². The summed E-state index contributed by atoms with van der Waals surface area (Å²) in [5, 5.41) is 9.97. The zero-order valence-corrected chi connectivity index (χ0v) is 19.0. The molecule has 0 bridgehead atoms. The van der Waals surface area contributed by atoms with Gasteiger partial charge in [-0.25, -0.2) is 18.2 Å². The Bertz CT molecular complexity index is 1370. The molecular weight excluding hydrogens is 438 g/mol. The van der Waals surface area contributed by atoms with Crippen molar-refractivity contribution in [1.29, 1.82) is 0 Å². The van der Waals surface area contributed by atoms with Crippen molar-refractivity contribution in [3.05, 3.63) is 90.1 Å². The van der Waals surface area contributed by atoms with Crippen LogP contribution in [0.5, 0.6) is 11.5 Å². The molecule has 2 N–H and O–H groups in total. The van der Waals surface area contributed by atoms with E-state index in [0.717, 1.165) is 34.0 Å². The van der Waals surface area contributed by atoms with Gasteiger partial charge in [0, 0.05) is 5.56 Å². The highest BCUT2D eigenvalue weighted by Gasteiger charge is 2.13. The molecule has 0 amide bonds. The molecule has 0 radical (unpaired) electrons. The molecule has 0 spiro atoms. The van der Waals surface area contributed by atoms with E-state index < -0.39 is 10.0 Å². The van der Waals surface area contributed by atoms with Crippen molar-refractivity contribution in [1.82, 2.24) is 9.78 Å². The molecule has 0 aliphatic heterocycles. The van der Waals surface area contributed by atoms with Gasteiger partial charge in [-0.1, -0.05) is 18.2 Å². The molecule has 0 unspecified atom stereocenters. The number of nitrogens with two attached hydrogens (primary N) is 1.